The number of guanidine groups is 2. The number of hydrogen-bond donors (Lipinski definition) is 20. The summed E-state index contributed by atoms with van der Waals surface area (Å²) in [6, 6.07) is 4.23. The van der Waals surface area contributed by atoms with Crippen molar-refractivity contribution in [3.63, 3.8) is 0 Å². The zero-order chi connectivity index (χ0) is 56.3. The third kappa shape index (κ3) is 22.0. The van der Waals surface area contributed by atoms with E-state index in [2.05, 4.69) is 83.4 Å². The fourth-order valence-corrected chi connectivity index (χ4v) is 7.98. The maximum atomic E-state index is 14.5. The predicted octanol–water partition coefficient (Wildman–Crippen LogP) is -3.39. The Balaban J connectivity index is 1.91. The Hall–Kier alpha value is -7.79. The molecule has 0 saturated carbocycles. The molecule has 0 aliphatic heterocycles. The largest absolute Gasteiger partial charge is 0.480 e. The minimum Gasteiger partial charge on any atom is -0.480 e. The summed E-state index contributed by atoms with van der Waals surface area (Å²) in [7, 11) is 0. The fourth-order valence-electron chi connectivity index (χ4n) is 7.47. The number of hydrogen-bond acceptors (Lipinski definition) is 14. The Labute approximate surface area is 449 Å². The standard InChI is InChI=1S/C47H71N17O10S2/c1-25(58-43(71)35(23-75)63-38(66)29(48)13-7-17-54-45(49)50)37(65)59-31(16-9-19-56-47(53)74)39(67)61-33(20-26-10-3-2-4-11-26)41(69)60-32(15-8-18-55-46(51)52)40(68)62-34(42(70)64-36(24-76)44(72)73)21-27-22-57-30-14-6-5-12-28(27)30/h2-6,10-12,14,22,25,29,31-36,57,75-76H,7-9,13,15-21,23-24,48H2,1H3,(H,58,71)(H,59,65)(H,60,69)(H,61,67)(H,62,68)(H,63,66)(H,64,70)(H,72,73)(H4,49,50,54)(H4,51,52,55)(H3,53,56,74)/t25-,29+,31+,32+,33-,34-,35+,36+/m1/s1. The molecule has 0 aliphatic carbocycles. The third-order valence-corrected chi connectivity index (χ3v) is 12.3. The Kier molecular flexibility index (Phi) is 26.7. The smallest absolute Gasteiger partial charge is 0.327 e. The van der Waals surface area contributed by atoms with Crippen molar-refractivity contribution in [2.24, 2.45) is 22.9 Å². The number of aromatic nitrogens is 1. The van der Waals surface area contributed by atoms with E-state index in [0.717, 1.165) is 10.9 Å². The van der Waals surface area contributed by atoms with Crippen LogP contribution in [-0.2, 0) is 51.2 Å². The van der Waals surface area contributed by atoms with Gasteiger partial charge in [-0.3, -0.25) is 44.4 Å². The molecule has 1 aromatic heterocycles. The minimum atomic E-state index is -1.44. The predicted molar refractivity (Wildman–Crippen MR) is 290 cm³/mol. The van der Waals surface area contributed by atoms with Gasteiger partial charge >= 0.3 is 12.0 Å². The second-order valence-corrected chi connectivity index (χ2v) is 18.3. The van der Waals surface area contributed by atoms with E-state index in [1.54, 1.807) is 54.7 Å². The second-order valence-electron chi connectivity index (χ2n) is 17.6. The second kappa shape index (κ2) is 32.5. The van der Waals surface area contributed by atoms with Crippen molar-refractivity contribution in [1.29, 1.82) is 10.8 Å². The molecular weight excluding hydrogens is 1030 g/mol. The van der Waals surface area contributed by atoms with E-state index >= 15 is 0 Å². The number of nitrogens with one attached hydrogen (secondary N) is 13. The molecule has 0 unspecified atom stereocenters. The van der Waals surface area contributed by atoms with Crippen molar-refractivity contribution in [3.8, 4) is 0 Å². The van der Waals surface area contributed by atoms with Gasteiger partial charge in [0.2, 0.25) is 41.4 Å². The monoisotopic (exact) mass is 1100 g/mol. The Morgan fingerprint density at radius 1 is 0.553 bits per heavy atom. The van der Waals surface area contributed by atoms with Crippen LogP contribution in [0.15, 0.2) is 60.8 Å². The Morgan fingerprint density at radius 2 is 1.00 bits per heavy atom. The van der Waals surface area contributed by atoms with Crippen LogP contribution in [0.5, 0.6) is 0 Å². The minimum absolute atomic E-state index is 0.0197. The van der Waals surface area contributed by atoms with Crippen LogP contribution in [0.25, 0.3) is 10.9 Å². The number of aliphatic carboxylic acids is 1. The first-order chi connectivity index (χ1) is 36.1. The number of amides is 9. The van der Waals surface area contributed by atoms with Gasteiger partial charge in [0.1, 0.15) is 42.3 Å². The van der Waals surface area contributed by atoms with E-state index in [1.807, 2.05) is 6.07 Å². The number of carbonyl (C=O) groups excluding carboxylic acids is 8. The Bertz CT molecular complexity index is 2490. The van der Waals surface area contributed by atoms with Crippen LogP contribution in [0.1, 0.15) is 56.6 Å². The van der Waals surface area contributed by atoms with Crippen LogP contribution in [0.2, 0.25) is 0 Å². The number of urea groups is 1. The van der Waals surface area contributed by atoms with Crippen LogP contribution < -0.4 is 76.1 Å². The van der Waals surface area contributed by atoms with Crippen LogP contribution >= 0.6 is 25.3 Å². The van der Waals surface area contributed by atoms with Crippen LogP contribution in [0.3, 0.4) is 0 Å². The van der Waals surface area contributed by atoms with Crippen molar-refractivity contribution in [1.82, 2.24) is 58.2 Å². The molecule has 0 fully saturated rings. The molecule has 0 bridgehead atoms. The summed E-state index contributed by atoms with van der Waals surface area (Å²) in [6.45, 7) is 1.68. The van der Waals surface area contributed by atoms with Gasteiger partial charge in [0, 0.05) is 61.1 Å². The summed E-state index contributed by atoms with van der Waals surface area (Å²) in [6.07, 6.45) is 1.97. The average Bonchev–Trinajstić information content (AvgIpc) is 3.79. The number of carboxylic acid groups (broad SMARTS) is 1. The molecule has 0 spiro atoms. The van der Waals surface area contributed by atoms with Gasteiger partial charge in [0.05, 0.1) is 6.04 Å². The number of benzene rings is 2. The highest BCUT2D eigenvalue weighted by Gasteiger charge is 2.34. The normalized spacial score (nSPS) is 14.1. The van der Waals surface area contributed by atoms with E-state index in [1.165, 1.54) is 6.92 Å². The number of rotatable bonds is 33. The molecule has 9 amide bonds. The molecule has 0 aliphatic rings. The topological polar surface area (TPSA) is 462 Å². The van der Waals surface area contributed by atoms with E-state index in [4.69, 9.17) is 33.8 Å². The Morgan fingerprint density at radius 3 is 1.54 bits per heavy atom. The molecule has 1 heterocycles. The van der Waals surface area contributed by atoms with Gasteiger partial charge in [0.15, 0.2) is 11.9 Å². The number of carbonyl (C=O) groups is 9. The van der Waals surface area contributed by atoms with Gasteiger partial charge in [-0.05, 0) is 62.6 Å². The maximum absolute atomic E-state index is 14.5. The van der Waals surface area contributed by atoms with Gasteiger partial charge in [0.25, 0.3) is 0 Å². The highest BCUT2D eigenvalue weighted by atomic mass is 32.1. The van der Waals surface area contributed by atoms with Crippen LogP contribution in [0.4, 0.5) is 4.79 Å². The van der Waals surface area contributed by atoms with Crippen LogP contribution in [-0.4, -0.2) is 155 Å². The molecule has 0 radical (unpaired) electrons. The van der Waals surface area contributed by atoms with Gasteiger partial charge < -0.3 is 86.2 Å². The molecule has 27 nitrogen and oxygen atoms in total. The molecule has 29 heteroatoms. The molecule has 2 aromatic carbocycles. The van der Waals surface area contributed by atoms with Crippen molar-refractivity contribution in [2.45, 2.75) is 107 Å². The van der Waals surface area contributed by atoms with E-state index in [0.29, 0.717) is 17.5 Å². The maximum Gasteiger partial charge on any atom is 0.327 e. The summed E-state index contributed by atoms with van der Waals surface area (Å²) in [5, 5.41) is 50.9. The van der Waals surface area contributed by atoms with Crippen molar-refractivity contribution in [3.05, 3.63) is 71.9 Å². The number of thiol groups is 2. The lowest BCUT2D eigenvalue weighted by Crippen LogP contribution is -2.60. The molecule has 76 heavy (non-hydrogen) atoms. The van der Waals surface area contributed by atoms with Crippen molar-refractivity contribution in [2.75, 3.05) is 31.1 Å². The van der Waals surface area contributed by atoms with Crippen molar-refractivity contribution < 1.29 is 48.3 Å². The highest BCUT2D eigenvalue weighted by molar-refractivity contribution is 7.80. The molecule has 3 aromatic rings. The molecular formula is C47H71N17O10S2. The summed E-state index contributed by atoms with van der Waals surface area (Å²) >= 11 is 8.23. The highest BCUT2D eigenvalue weighted by Crippen LogP contribution is 2.20. The number of para-hydroxylation sites is 1. The quantitative estimate of drug-likeness (QED) is 0.0122. The fraction of sp³-hybridized carbons (Fsp3) is 0.468. The summed E-state index contributed by atoms with van der Waals surface area (Å²) in [5.74, 6) is -8.21. The average molecular weight is 1100 g/mol. The summed E-state index contributed by atoms with van der Waals surface area (Å²) < 4.78 is 0. The van der Waals surface area contributed by atoms with Gasteiger partial charge in [-0.25, -0.2) is 9.59 Å². The number of H-pyrrole nitrogens is 1. The lowest BCUT2D eigenvalue weighted by atomic mass is 10.0. The van der Waals surface area contributed by atoms with Gasteiger partial charge in [-0.15, -0.1) is 0 Å². The molecule has 8 atom stereocenters. The number of primary amides is 1. The summed E-state index contributed by atoms with van der Waals surface area (Å²) in [5.41, 5.74) is 23.9. The zero-order valence-electron chi connectivity index (χ0n) is 41.9. The van der Waals surface area contributed by atoms with Gasteiger partial charge in [-0.1, -0.05) is 48.5 Å². The first-order valence-electron chi connectivity index (χ1n) is 24.2. The molecule has 416 valence electrons. The number of aromatic amines is 1. The van der Waals surface area contributed by atoms with E-state index in [-0.39, 0.29) is 88.0 Å². The van der Waals surface area contributed by atoms with Crippen LogP contribution in [0, 0.1) is 10.8 Å². The SMILES string of the molecule is C[C@@H](NC(=O)[C@H](CS)NC(=O)[C@@H](N)CCCNC(=N)N)C(=O)N[C@@H](CCCNC(N)=O)C(=O)N[C@H](Cc1ccccc1)C(=O)N[C@@H](CCCNC(=N)N)C(=O)N[C@H](Cc1c[nH]c2ccccc12)C(=O)N[C@@H](CS)C(=O)O. The van der Waals surface area contributed by atoms with Crippen molar-refractivity contribution >= 4 is 101 Å². The van der Waals surface area contributed by atoms with Gasteiger partial charge in [-0.2, -0.15) is 25.3 Å². The lowest BCUT2D eigenvalue weighted by Gasteiger charge is -2.27. The number of carboxylic acids is 1. The van der Waals surface area contributed by atoms with E-state index in [9.17, 15) is 48.3 Å². The summed E-state index contributed by atoms with van der Waals surface area (Å²) in [4.78, 5) is 123. The van der Waals surface area contributed by atoms with E-state index < -0.39 is 102 Å². The first kappa shape index (κ1) is 62.5. The molecule has 0 saturated heterocycles. The lowest BCUT2D eigenvalue weighted by molar-refractivity contribution is -0.141. The molecule has 22 N–H and O–H groups in total. The number of nitrogens with two attached hydrogens (primary N) is 4. The first-order valence-corrected chi connectivity index (χ1v) is 25.5. The molecule has 3 rings (SSSR count). The number of fused-ring (bicyclic) bond motifs is 1. The third-order valence-electron chi connectivity index (χ3n) is 11.6. The zero-order valence-corrected chi connectivity index (χ0v) is 43.7.